The lowest BCUT2D eigenvalue weighted by atomic mass is 10.2. The second-order valence-electron chi connectivity index (χ2n) is 3.96. The van der Waals surface area contributed by atoms with Gasteiger partial charge in [0.05, 0.1) is 10.3 Å². The molecule has 4 N–H and O–H groups in total. The number of nitrogens with two attached hydrogens (primary N) is 2. The Labute approximate surface area is 129 Å². The highest BCUT2D eigenvalue weighted by Gasteiger charge is 2.19. The lowest BCUT2D eigenvalue weighted by Crippen LogP contribution is -2.23. The molecule has 1 aromatic heterocycles. The lowest BCUT2D eigenvalue weighted by molar-refractivity contribution is -0.117. The van der Waals surface area contributed by atoms with E-state index in [0.29, 0.717) is 26.6 Å². The van der Waals surface area contributed by atoms with Crippen LogP contribution in [0.3, 0.4) is 0 Å². The maximum Gasteiger partial charge on any atom is 0.230 e. The van der Waals surface area contributed by atoms with Gasteiger partial charge in [-0.15, -0.1) is 10.2 Å². The first-order chi connectivity index (χ1) is 9.40. The van der Waals surface area contributed by atoms with Crippen molar-refractivity contribution in [3.63, 3.8) is 0 Å². The van der Waals surface area contributed by atoms with Crippen LogP contribution in [-0.4, -0.2) is 26.0 Å². The van der Waals surface area contributed by atoms with Gasteiger partial charge in [-0.2, -0.15) is 0 Å². The van der Waals surface area contributed by atoms with Gasteiger partial charge in [-0.25, -0.2) is 4.68 Å². The van der Waals surface area contributed by atoms with Crippen LogP contribution in [0.25, 0.3) is 11.4 Å². The molecule has 1 amide bonds. The number of thioether (sulfide) groups is 1. The number of halogens is 2. The molecular weight excluding hydrogens is 321 g/mol. The van der Waals surface area contributed by atoms with Crippen molar-refractivity contribution < 1.29 is 4.79 Å². The average Bonchev–Trinajstić information content (AvgIpc) is 2.74. The highest BCUT2D eigenvalue weighted by molar-refractivity contribution is 8.00. The molecule has 0 saturated heterocycles. The fourth-order valence-electron chi connectivity index (χ4n) is 1.43. The van der Waals surface area contributed by atoms with Gasteiger partial charge < -0.3 is 11.6 Å². The van der Waals surface area contributed by atoms with Gasteiger partial charge in [-0.3, -0.25) is 4.79 Å². The number of hydrogen-bond acceptors (Lipinski definition) is 5. The molecule has 1 heterocycles. The van der Waals surface area contributed by atoms with Crippen LogP contribution in [0.1, 0.15) is 6.92 Å². The van der Waals surface area contributed by atoms with E-state index in [1.54, 1.807) is 25.1 Å². The Morgan fingerprint density at radius 1 is 1.40 bits per heavy atom. The van der Waals surface area contributed by atoms with E-state index in [1.165, 1.54) is 4.68 Å². The molecule has 0 bridgehead atoms. The number of carbonyl (C=O) groups excluding carboxylic acids is 1. The Balaban J connectivity index is 2.38. The number of hydrogen-bond donors (Lipinski definition) is 2. The van der Waals surface area contributed by atoms with E-state index < -0.39 is 11.2 Å². The first kappa shape index (κ1) is 15.0. The molecule has 106 valence electrons. The molecule has 9 heteroatoms. The minimum absolute atomic E-state index is 0.358. The van der Waals surface area contributed by atoms with Gasteiger partial charge in [-0.05, 0) is 25.1 Å². The molecule has 1 aromatic carbocycles. The number of nitrogens with zero attached hydrogens (tertiary/aromatic N) is 3. The summed E-state index contributed by atoms with van der Waals surface area (Å²) in [6.45, 7) is 1.66. The largest absolute Gasteiger partial charge is 0.369 e. The molecule has 0 aliphatic carbocycles. The van der Waals surface area contributed by atoms with E-state index in [0.717, 1.165) is 11.8 Å². The third kappa shape index (κ3) is 3.00. The Bertz CT molecular complexity index is 660. The molecule has 6 nitrogen and oxygen atoms in total. The molecule has 0 spiro atoms. The molecule has 0 aliphatic heterocycles. The number of nitrogen functional groups attached to an aromatic ring is 1. The fraction of sp³-hybridized carbons (Fsp3) is 0.182. The first-order valence-corrected chi connectivity index (χ1v) is 7.15. The molecular formula is C11H11Cl2N5OS. The normalized spacial score (nSPS) is 12.3. The summed E-state index contributed by atoms with van der Waals surface area (Å²) < 4.78 is 1.25. The Morgan fingerprint density at radius 3 is 2.75 bits per heavy atom. The highest BCUT2D eigenvalue weighted by atomic mass is 35.5. The van der Waals surface area contributed by atoms with Gasteiger partial charge in [0.2, 0.25) is 11.1 Å². The maximum atomic E-state index is 11.1. The smallest absolute Gasteiger partial charge is 0.230 e. The molecule has 2 aromatic rings. The molecule has 20 heavy (non-hydrogen) atoms. The zero-order valence-corrected chi connectivity index (χ0v) is 12.7. The Hall–Kier alpha value is -1.44. The van der Waals surface area contributed by atoms with Crippen molar-refractivity contribution in [2.45, 2.75) is 17.3 Å². The van der Waals surface area contributed by atoms with Crippen molar-refractivity contribution in [3.8, 4) is 11.4 Å². The summed E-state index contributed by atoms with van der Waals surface area (Å²) in [5, 5.41) is 8.75. The summed E-state index contributed by atoms with van der Waals surface area (Å²) in [6.07, 6.45) is 0. The zero-order chi connectivity index (χ0) is 14.9. The highest BCUT2D eigenvalue weighted by Crippen LogP contribution is 2.31. The van der Waals surface area contributed by atoms with Crippen LogP contribution in [0.5, 0.6) is 0 Å². The van der Waals surface area contributed by atoms with E-state index in [4.69, 9.17) is 34.8 Å². The molecule has 0 aliphatic rings. The van der Waals surface area contributed by atoms with Crippen LogP contribution in [0.2, 0.25) is 10.0 Å². The topological polar surface area (TPSA) is 99.8 Å². The minimum atomic E-state index is -0.468. The van der Waals surface area contributed by atoms with Gasteiger partial charge in [0.15, 0.2) is 5.82 Å². The lowest BCUT2D eigenvalue weighted by Gasteiger charge is -2.07. The third-order valence-corrected chi connectivity index (χ3v) is 4.16. The standard InChI is InChI=1S/C11H11Cl2N5OS/c1-5(9(14)19)20-11-17-16-10(18(11)15)7-4-6(12)2-3-8(7)13/h2-5H,15H2,1H3,(H2,14,19)/t5-/m1/s1. The van der Waals surface area contributed by atoms with Crippen molar-refractivity contribution >= 4 is 40.9 Å². The summed E-state index contributed by atoms with van der Waals surface area (Å²) in [6, 6.07) is 4.95. The van der Waals surface area contributed by atoms with E-state index in [1.807, 2.05) is 0 Å². The molecule has 2 rings (SSSR count). The summed E-state index contributed by atoms with van der Waals surface area (Å²) >= 11 is 13.1. The number of amides is 1. The van der Waals surface area contributed by atoms with E-state index in [2.05, 4.69) is 10.2 Å². The summed E-state index contributed by atoms with van der Waals surface area (Å²) in [4.78, 5) is 11.1. The molecule has 0 fully saturated rings. The van der Waals surface area contributed by atoms with Crippen molar-refractivity contribution in [2.75, 3.05) is 5.84 Å². The molecule has 0 saturated carbocycles. The molecule has 1 atom stereocenters. The van der Waals surface area contributed by atoms with Crippen LogP contribution < -0.4 is 11.6 Å². The van der Waals surface area contributed by atoms with E-state index in [9.17, 15) is 4.79 Å². The van der Waals surface area contributed by atoms with Crippen LogP contribution in [0.4, 0.5) is 0 Å². The van der Waals surface area contributed by atoms with Crippen LogP contribution >= 0.6 is 35.0 Å². The Kier molecular flexibility index (Phi) is 4.42. The van der Waals surface area contributed by atoms with Crippen LogP contribution in [-0.2, 0) is 4.79 Å². The predicted molar refractivity (Wildman–Crippen MR) is 80.1 cm³/mol. The van der Waals surface area contributed by atoms with Crippen LogP contribution in [0.15, 0.2) is 23.4 Å². The van der Waals surface area contributed by atoms with E-state index >= 15 is 0 Å². The average molecular weight is 332 g/mol. The minimum Gasteiger partial charge on any atom is -0.369 e. The SMILES string of the molecule is C[C@@H](Sc1nnc(-c2cc(Cl)ccc2Cl)n1N)C(N)=O. The number of primary amides is 1. The maximum absolute atomic E-state index is 11.1. The van der Waals surface area contributed by atoms with Crippen molar-refractivity contribution in [1.29, 1.82) is 0 Å². The number of carbonyl (C=O) groups is 1. The molecule has 0 radical (unpaired) electrons. The van der Waals surface area contributed by atoms with Gasteiger partial charge in [-0.1, -0.05) is 35.0 Å². The zero-order valence-electron chi connectivity index (χ0n) is 10.4. The van der Waals surface area contributed by atoms with Gasteiger partial charge in [0, 0.05) is 10.6 Å². The Morgan fingerprint density at radius 2 is 2.10 bits per heavy atom. The van der Waals surface area contributed by atoms with Crippen molar-refractivity contribution in [2.24, 2.45) is 5.73 Å². The summed E-state index contributed by atoms with van der Waals surface area (Å²) in [7, 11) is 0. The van der Waals surface area contributed by atoms with Crippen molar-refractivity contribution in [3.05, 3.63) is 28.2 Å². The quantitative estimate of drug-likeness (QED) is 0.658. The van der Waals surface area contributed by atoms with Gasteiger partial charge >= 0.3 is 0 Å². The fourth-order valence-corrected chi connectivity index (χ4v) is 2.52. The van der Waals surface area contributed by atoms with Crippen molar-refractivity contribution in [1.82, 2.24) is 14.9 Å². The third-order valence-electron chi connectivity index (χ3n) is 2.52. The number of benzene rings is 1. The summed E-state index contributed by atoms with van der Waals surface area (Å²) in [5.41, 5.74) is 5.76. The second kappa shape index (κ2) is 5.90. The van der Waals surface area contributed by atoms with Gasteiger partial charge in [0.25, 0.3) is 0 Å². The number of rotatable bonds is 4. The molecule has 0 unspecified atom stereocenters. The summed E-state index contributed by atoms with van der Waals surface area (Å²) in [5.74, 6) is 5.82. The predicted octanol–water partition coefficient (Wildman–Crippen LogP) is 1.93. The monoisotopic (exact) mass is 331 g/mol. The number of aromatic nitrogens is 3. The van der Waals surface area contributed by atoms with E-state index in [-0.39, 0.29) is 0 Å². The first-order valence-electron chi connectivity index (χ1n) is 5.52. The van der Waals surface area contributed by atoms with Crippen LogP contribution in [0, 0.1) is 0 Å². The second-order valence-corrected chi connectivity index (χ2v) is 6.11. The van der Waals surface area contributed by atoms with Gasteiger partial charge in [0.1, 0.15) is 0 Å².